The van der Waals surface area contributed by atoms with Crippen molar-refractivity contribution in [3.8, 4) is 0 Å². The molecule has 0 radical (unpaired) electrons. The van der Waals surface area contributed by atoms with Gasteiger partial charge in [0.2, 0.25) is 0 Å². The van der Waals surface area contributed by atoms with Gasteiger partial charge in [-0.05, 0) is 47.7 Å². The Morgan fingerprint density at radius 3 is 2.52 bits per heavy atom. The van der Waals surface area contributed by atoms with Gasteiger partial charge in [0, 0.05) is 32.1 Å². The molecule has 2 aliphatic rings. The van der Waals surface area contributed by atoms with Crippen LogP contribution >= 0.6 is 11.6 Å². The number of carboxylic acids is 1. The molecule has 0 bridgehead atoms. The highest BCUT2D eigenvalue weighted by molar-refractivity contribution is 6.34. The highest BCUT2D eigenvalue weighted by Crippen LogP contribution is 2.32. The predicted molar refractivity (Wildman–Crippen MR) is 125 cm³/mol. The zero-order valence-electron chi connectivity index (χ0n) is 18.3. The second-order valence-corrected chi connectivity index (χ2v) is 8.63. The van der Waals surface area contributed by atoms with E-state index in [1.165, 1.54) is 7.11 Å². The van der Waals surface area contributed by atoms with Gasteiger partial charge in [-0.1, -0.05) is 41.9 Å². The normalized spacial score (nSPS) is 18.1. The van der Waals surface area contributed by atoms with Gasteiger partial charge in [-0.15, -0.1) is 0 Å². The van der Waals surface area contributed by atoms with E-state index in [9.17, 15) is 19.5 Å². The van der Waals surface area contributed by atoms with Crippen molar-refractivity contribution < 1.29 is 24.2 Å². The summed E-state index contributed by atoms with van der Waals surface area (Å²) in [6.07, 6.45) is 3.00. The van der Waals surface area contributed by atoms with Gasteiger partial charge in [-0.3, -0.25) is 4.79 Å². The van der Waals surface area contributed by atoms with Crippen molar-refractivity contribution in [1.29, 1.82) is 0 Å². The fourth-order valence-electron chi connectivity index (χ4n) is 4.53. The van der Waals surface area contributed by atoms with Crippen LogP contribution in [-0.4, -0.2) is 66.2 Å². The molecule has 7 nitrogen and oxygen atoms in total. The topological polar surface area (TPSA) is 87.2 Å². The van der Waals surface area contributed by atoms with Crippen molar-refractivity contribution in [2.75, 3.05) is 33.3 Å². The van der Waals surface area contributed by atoms with E-state index < -0.39 is 5.97 Å². The van der Waals surface area contributed by atoms with Crippen molar-refractivity contribution in [3.05, 3.63) is 75.8 Å². The molecule has 2 aromatic rings. The highest BCUT2D eigenvalue weighted by atomic mass is 35.5. The first-order chi connectivity index (χ1) is 15.9. The number of halogens is 1. The summed E-state index contributed by atoms with van der Waals surface area (Å²) in [6, 6.07) is 12.4. The average Bonchev–Trinajstić information content (AvgIpc) is 3.33. The Morgan fingerprint density at radius 2 is 1.85 bits per heavy atom. The summed E-state index contributed by atoms with van der Waals surface area (Å²) in [6.45, 7) is 2.02. The molecule has 0 aliphatic carbocycles. The smallest absolute Gasteiger partial charge is 0.409 e. The third-order valence-corrected chi connectivity index (χ3v) is 6.63. The summed E-state index contributed by atoms with van der Waals surface area (Å²) in [7, 11) is 1.37. The van der Waals surface area contributed by atoms with Crippen molar-refractivity contribution in [2.24, 2.45) is 0 Å². The van der Waals surface area contributed by atoms with Gasteiger partial charge in [0.05, 0.1) is 23.3 Å². The number of carboxylic acid groups (broad SMARTS) is 1. The number of methoxy groups -OCH3 is 1. The van der Waals surface area contributed by atoms with E-state index in [4.69, 9.17) is 16.3 Å². The van der Waals surface area contributed by atoms with Crippen LogP contribution in [0, 0.1) is 0 Å². The largest absolute Gasteiger partial charge is 0.478 e. The Hall–Kier alpha value is -3.32. The number of hydrogen-bond donors (Lipinski definition) is 1. The first-order valence-corrected chi connectivity index (χ1v) is 11.2. The number of carbonyl (C=O) groups is 3. The van der Waals surface area contributed by atoms with E-state index in [-0.39, 0.29) is 23.5 Å². The van der Waals surface area contributed by atoms with Crippen LogP contribution < -0.4 is 0 Å². The number of aromatic carboxylic acids is 1. The van der Waals surface area contributed by atoms with Crippen LogP contribution in [0.25, 0.3) is 5.57 Å². The number of carbonyl (C=O) groups excluding carboxylic acids is 2. The summed E-state index contributed by atoms with van der Waals surface area (Å²) >= 11 is 6.51. The van der Waals surface area contributed by atoms with Crippen LogP contribution in [0.15, 0.2) is 48.5 Å². The van der Waals surface area contributed by atoms with Crippen LogP contribution in [0.2, 0.25) is 5.02 Å². The van der Waals surface area contributed by atoms with Crippen LogP contribution in [0.3, 0.4) is 0 Å². The van der Waals surface area contributed by atoms with E-state index in [0.717, 1.165) is 16.7 Å². The Morgan fingerprint density at radius 1 is 1.06 bits per heavy atom. The lowest BCUT2D eigenvalue weighted by Crippen LogP contribution is -2.34. The molecule has 1 fully saturated rings. The van der Waals surface area contributed by atoms with Crippen molar-refractivity contribution in [3.63, 3.8) is 0 Å². The lowest BCUT2D eigenvalue weighted by atomic mass is 9.93. The molecule has 2 aliphatic heterocycles. The van der Waals surface area contributed by atoms with Crippen molar-refractivity contribution >= 4 is 35.1 Å². The maximum absolute atomic E-state index is 13.2. The third-order valence-electron chi connectivity index (χ3n) is 6.32. The minimum atomic E-state index is -0.958. The summed E-state index contributed by atoms with van der Waals surface area (Å²) in [5.41, 5.74) is 3.47. The van der Waals surface area contributed by atoms with E-state index >= 15 is 0 Å². The fraction of sp³-hybridized carbons (Fsp3) is 0.320. The summed E-state index contributed by atoms with van der Waals surface area (Å²) in [4.78, 5) is 39.7. The second-order valence-electron chi connectivity index (χ2n) is 8.22. The highest BCUT2D eigenvalue weighted by Gasteiger charge is 2.31. The number of amides is 2. The maximum Gasteiger partial charge on any atom is 0.409 e. The van der Waals surface area contributed by atoms with Crippen LogP contribution in [0.5, 0.6) is 0 Å². The zero-order valence-corrected chi connectivity index (χ0v) is 19.0. The predicted octanol–water partition coefficient (Wildman–Crippen LogP) is 4.52. The molecular formula is C25H25ClN2O5. The minimum Gasteiger partial charge on any atom is -0.478 e. The SMILES string of the molecule is COC(=O)N1CC=C(c2ccc(C(=O)N3CCC(c4ccccc4C(=O)O)C3)c(Cl)c2)CC1. The Bertz CT molecular complexity index is 1130. The van der Waals surface area contributed by atoms with Gasteiger partial charge in [0.25, 0.3) is 5.91 Å². The maximum atomic E-state index is 13.2. The summed E-state index contributed by atoms with van der Waals surface area (Å²) in [5.74, 6) is -1.14. The number of likely N-dealkylation sites (tertiary alicyclic amines) is 1. The minimum absolute atomic E-state index is 0.0237. The lowest BCUT2D eigenvalue weighted by molar-refractivity contribution is 0.0695. The van der Waals surface area contributed by atoms with E-state index in [1.54, 1.807) is 34.1 Å². The zero-order chi connectivity index (χ0) is 23.5. The quantitative estimate of drug-likeness (QED) is 0.712. The molecule has 1 saturated heterocycles. The van der Waals surface area contributed by atoms with Crippen molar-refractivity contribution in [2.45, 2.75) is 18.8 Å². The summed E-state index contributed by atoms with van der Waals surface area (Å²) < 4.78 is 4.76. The number of nitrogens with zero attached hydrogens (tertiary/aromatic N) is 2. The fourth-order valence-corrected chi connectivity index (χ4v) is 4.79. The Labute approximate surface area is 197 Å². The Balaban J connectivity index is 1.46. The molecule has 0 saturated carbocycles. The van der Waals surface area contributed by atoms with Gasteiger partial charge in [0.15, 0.2) is 0 Å². The van der Waals surface area contributed by atoms with Crippen LogP contribution in [0.1, 0.15) is 50.6 Å². The molecule has 0 spiro atoms. The molecule has 172 valence electrons. The van der Waals surface area contributed by atoms with Crippen molar-refractivity contribution in [1.82, 2.24) is 9.80 Å². The van der Waals surface area contributed by atoms with Gasteiger partial charge in [-0.25, -0.2) is 9.59 Å². The van der Waals surface area contributed by atoms with Crippen LogP contribution in [0.4, 0.5) is 4.79 Å². The van der Waals surface area contributed by atoms with Crippen LogP contribution in [-0.2, 0) is 4.74 Å². The molecule has 1 atom stereocenters. The van der Waals surface area contributed by atoms with Gasteiger partial charge < -0.3 is 19.6 Å². The van der Waals surface area contributed by atoms with E-state index in [2.05, 4.69) is 0 Å². The lowest BCUT2D eigenvalue weighted by Gasteiger charge is -2.25. The molecule has 0 aromatic heterocycles. The Kier molecular flexibility index (Phi) is 6.70. The number of benzene rings is 2. The molecule has 2 aromatic carbocycles. The molecule has 4 rings (SSSR count). The number of ether oxygens (including phenoxy) is 1. The first kappa shape index (κ1) is 22.9. The van der Waals surface area contributed by atoms with Gasteiger partial charge in [0.1, 0.15) is 0 Å². The number of hydrogen-bond acceptors (Lipinski definition) is 4. The molecular weight excluding hydrogens is 444 g/mol. The third kappa shape index (κ3) is 4.73. The molecule has 1 N–H and O–H groups in total. The molecule has 2 amide bonds. The molecule has 8 heteroatoms. The number of rotatable bonds is 4. The van der Waals surface area contributed by atoms with E-state index in [1.807, 2.05) is 24.3 Å². The average molecular weight is 469 g/mol. The second kappa shape index (κ2) is 9.67. The first-order valence-electron chi connectivity index (χ1n) is 10.8. The molecule has 2 heterocycles. The van der Waals surface area contributed by atoms with E-state index in [0.29, 0.717) is 49.6 Å². The summed E-state index contributed by atoms with van der Waals surface area (Å²) in [5, 5.41) is 9.85. The monoisotopic (exact) mass is 468 g/mol. The molecule has 33 heavy (non-hydrogen) atoms. The standard InChI is InChI=1S/C25H25ClN2O5/c1-33-25(32)27-11-8-16(9-12-27)17-6-7-21(22(26)14-17)23(29)28-13-10-18(15-28)19-4-2-3-5-20(19)24(30)31/h2-8,14,18H,9-13,15H2,1H3,(H,30,31). The molecule has 1 unspecified atom stereocenters. The van der Waals surface area contributed by atoms with Gasteiger partial charge in [-0.2, -0.15) is 0 Å². The van der Waals surface area contributed by atoms with Gasteiger partial charge >= 0.3 is 12.1 Å².